The van der Waals surface area contributed by atoms with E-state index < -0.39 is 21.2 Å². The van der Waals surface area contributed by atoms with Gasteiger partial charge in [-0.1, -0.05) is 0 Å². The summed E-state index contributed by atoms with van der Waals surface area (Å²) in [5.41, 5.74) is 4.07. The fourth-order valence-electron chi connectivity index (χ4n) is 1.00. The first kappa shape index (κ1) is 11.7. The highest BCUT2D eigenvalue weighted by Gasteiger charge is 2.23. The van der Waals surface area contributed by atoms with Gasteiger partial charge in [0.25, 0.3) is 11.4 Å². The molecule has 0 aliphatic rings. The molecule has 1 rings (SSSR count). The van der Waals surface area contributed by atoms with E-state index in [-0.39, 0.29) is 10.6 Å². The lowest BCUT2D eigenvalue weighted by atomic mass is 10.2. The van der Waals surface area contributed by atoms with Gasteiger partial charge in [-0.3, -0.25) is 20.2 Å². The van der Waals surface area contributed by atoms with E-state index in [4.69, 9.17) is 11.0 Å². The van der Waals surface area contributed by atoms with Crippen LogP contribution in [-0.2, 0) is 0 Å². The first-order chi connectivity index (χ1) is 7.47. The number of nitro groups is 2. The summed E-state index contributed by atoms with van der Waals surface area (Å²) >= 11 is 0.526. The largest absolute Gasteiger partial charge is 0.393 e. The van der Waals surface area contributed by atoms with Crippen molar-refractivity contribution in [3.63, 3.8) is 0 Å². The van der Waals surface area contributed by atoms with Gasteiger partial charge in [0, 0.05) is 0 Å². The zero-order chi connectivity index (χ0) is 12.3. The average molecular weight is 240 g/mol. The van der Waals surface area contributed by atoms with E-state index in [1.54, 1.807) is 5.40 Å². The van der Waals surface area contributed by atoms with Crippen LogP contribution in [0.25, 0.3) is 0 Å². The average Bonchev–Trinajstić information content (AvgIpc) is 2.17. The Hall–Kier alpha value is -2.34. The Bertz CT molecular complexity index is 510. The molecule has 0 radical (unpaired) electrons. The lowest BCUT2D eigenvalue weighted by Crippen LogP contribution is -1.99. The molecule has 0 atom stereocenters. The minimum Gasteiger partial charge on any atom is -0.393 e. The molecule has 0 aliphatic heterocycles. The van der Waals surface area contributed by atoms with Gasteiger partial charge in [-0.05, 0) is 17.8 Å². The number of thioether (sulfide) groups is 1. The van der Waals surface area contributed by atoms with Crippen molar-refractivity contribution in [2.75, 3.05) is 5.73 Å². The second kappa shape index (κ2) is 4.45. The number of hydrogen-bond acceptors (Lipinski definition) is 7. The SMILES string of the molecule is N#CSc1cc(N)c([N+](=O)[O-])cc1[N+](=O)[O-]. The Morgan fingerprint density at radius 1 is 1.25 bits per heavy atom. The molecule has 0 amide bonds. The molecule has 0 aliphatic carbocycles. The third kappa shape index (κ3) is 2.18. The summed E-state index contributed by atoms with van der Waals surface area (Å²) in [5.74, 6) is 0. The van der Waals surface area contributed by atoms with Crippen LogP contribution in [0, 0.1) is 30.9 Å². The van der Waals surface area contributed by atoms with Gasteiger partial charge in [0.15, 0.2) is 0 Å². The van der Waals surface area contributed by atoms with Gasteiger partial charge in [0.05, 0.1) is 15.9 Å². The highest BCUT2D eigenvalue weighted by Crippen LogP contribution is 2.36. The predicted octanol–water partition coefficient (Wildman–Crippen LogP) is 1.66. The van der Waals surface area contributed by atoms with Crippen molar-refractivity contribution in [1.29, 1.82) is 5.26 Å². The maximum Gasteiger partial charge on any atom is 0.299 e. The van der Waals surface area contributed by atoms with Gasteiger partial charge in [0.2, 0.25) is 0 Å². The quantitative estimate of drug-likeness (QED) is 0.279. The van der Waals surface area contributed by atoms with E-state index in [9.17, 15) is 20.2 Å². The molecule has 0 heterocycles. The van der Waals surface area contributed by atoms with Crippen LogP contribution in [0.4, 0.5) is 17.1 Å². The van der Waals surface area contributed by atoms with Gasteiger partial charge < -0.3 is 5.73 Å². The van der Waals surface area contributed by atoms with Crippen LogP contribution in [0.1, 0.15) is 0 Å². The molecule has 0 saturated carbocycles. The molecule has 0 unspecified atom stereocenters. The molecule has 1 aromatic carbocycles. The third-order valence-electron chi connectivity index (χ3n) is 1.66. The van der Waals surface area contributed by atoms with Crippen LogP contribution in [0.3, 0.4) is 0 Å². The summed E-state index contributed by atoms with van der Waals surface area (Å²) in [4.78, 5) is 19.5. The van der Waals surface area contributed by atoms with Crippen LogP contribution in [0.2, 0.25) is 0 Å². The lowest BCUT2D eigenvalue weighted by Gasteiger charge is -2.00. The zero-order valence-electron chi connectivity index (χ0n) is 7.61. The van der Waals surface area contributed by atoms with Crippen LogP contribution in [0.15, 0.2) is 17.0 Å². The second-order valence-corrected chi connectivity index (χ2v) is 3.41. The van der Waals surface area contributed by atoms with Crippen molar-refractivity contribution in [3.8, 4) is 5.40 Å². The lowest BCUT2D eigenvalue weighted by molar-refractivity contribution is -0.395. The monoisotopic (exact) mass is 240 g/mol. The molecule has 2 N–H and O–H groups in total. The van der Waals surface area contributed by atoms with Crippen LogP contribution >= 0.6 is 11.8 Å². The van der Waals surface area contributed by atoms with Crippen molar-refractivity contribution in [2.45, 2.75) is 4.90 Å². The van der Waals surface area contributed by atoms with Gasteiger partial charge >= 0.3 is 0 Å². The number of nitriles is 1. The highest BCUT2D eigenvalue weighted by molar-refractivity contribution is 8.03. The molecule has 16 heavy (non-hydrogen) atoms. The molecule has 8 nitrogen and oxygen atoms in total. The second-order valence-electron chi connectivity index (χ2n) is 2.59. The van der Waals surface area contributed by atoms with Gasteiger partial charge in [0.1, 0.15) is 16.0 Å². The maximum atomic E-state index is 10.6. The van der Waals surface area contributed by atoms with Crippen molar-refractivity contribution < 1.29 is 9.85 Å². The molecule has 0 spiro atoms. The van der Waals surface area contributed by atoms with Crippen molar-refractivity contribution in [2.24, 2.45) is 0 Å². The van der Waals surface area contributed by atoms with Crippen LogP contribution in [0.5, 0.6) is 0 Å². The summed E-state index contributed by atoms with van der Waals surface area (Å²) in [6.07, 6.45) is 0. The van der Waals surface area contributed by atoms with Crippen LogP contribution < -0.4 is 5.73 Å². The third-order valence-corrected chi connectivity index (χ3v) is 2.30. The topological polar surface area (TPSA) is 136 Å². The standard InChI is InChI=1S/C7H4N4O4S/c8-3-16-7-1-4(9)5(10(12)13)2-6(7)11(14)15/h1-2H,9H2. The Balaban J connectivity index is 3.44. The fourth-order valence-corrected chi connectivity index (χ4v) is 1.53. The molecule has 9 heteroatoms. The number of nitrogens with two attached hydrogens (primary N) is 1. The number of nitrogens with zero attached hydrogens (tertiary/aromatic N) is 3. The summed E-state index contributed by atoms with van der Waals surface area (Å²) in [7, 11) is 0. The molecular formula is C7H4N4O4S. The molecule has 0 aromatic heterocycles. The summed E-state index contributed by atoms with van der Waals surface area (Å²) < 4.78 is 0. The fraction of sp³-hybridized carbons (Fsp3) is 0. The van der Waals surface area contributed by atoms with E-state index in [2.05, 4.69) is 0 Å². The highest BCUT2D eigenvalue weighted by atomic mass is 32.2. The first-order valence-corrected chi connectivity index (χ1v) is 4.57. The first-order valence-electron chi connectivity index (χ1n) is 3.75. The number of nitro benzene ring substituents is 2. The molecule has 82 valence electrons. The smallest absolute Gasteiger partial charge is 0.299 e. The Morgan fingerprint density at radius 3 is 2.25 bits per heavy atom. The molecular weight excluding hydrogens is 236 g/mol. The van der Waals surface area contributed by atoms with Crippen LogP contribution in [-0.4, -0.2) is 9.85 Å². The van der Waals surface area contributed by atoms with E-state index in [0.717, 1.165) is 12.1 Å². The summed E-state index contributed by atoms with van der Waals surface area (Å²) in [6.45, 7) is 0. The van der Waals surface area contributed by atoms with Crippen molar-refractivity contribution in [3.05, 3.63) is 32.4 Å². The van der Waals surface area contributed by atoms with E-state index in [1.165, 1.54) is 0 Å². The van der Waals surface area contributed by atoms with Gasteiger partial charge in [-0.25, -0.2) is 0 Å². The molecule has 0 fully saturated rings. The summed E-state index contributed by atoms with van der Waals surface area (Å²) in [5, 5.41) is 31.2. The number of thiocyanates is 1. The number of rotatable bonds is 3. The number of hydrogen-bond donors (Lipinski definition) is 1. The maximum absolute atomic E-state index is 10.6. The van der Waals surface area contributed by atoms with Crippen molar-refractivity contribution in [1.82, 2.24) is 0 Å². The minimum absolute atomic E-state index is 0.0180. The Labute approximate surface area is 93.0 Å². The Morgan fingerprint density at radius 2 is 1.81 bits per heavy atom. The Kier molecular flexibility index (Phi) is 3.27. The number of anilines is 1. The number of benzene rings is 1. The van der Waals surface area contributed by atoms with Gasteiger partial charge in [-0.15, -0.1) is 0 Å². The minimum atomic E-state index is -0.816. The van der Waals surface area contributed by atoms with E-state index >= 15 is 0 Å². The normalized spacial score (nSPS) is 9.44. The number of nitrogen functional groups attached to an aromatic ring is 1. The molecule has 1 aromatic rings. The zero-order valence-corrected chi connectivity index (χ0v) is 8.43. The van der Waals surface area contributed by atoms with E-state index in [1.807, 2.05) is 0 Å². The molecule has 0 bridgehead atoms. The van der Waals surface area contributed by atoms with Crippen molar-refractivity contribution >= 4 is 28.8 Å². The summed E-state index contributed by atoms with van der Waals surface area (Å²) in [6, 6.07) is 1.79. The molecule has 0 saturated heterocycles. The predicted molar refractivity (Wildman–Crippen MR) is 55.6 cm³/mol. The van der Waals surface area contributed by atoms with Gasteiger partial charge in [-0.2, -0.15) is 5.26 Å². The van der Waals surface area contributed by atoms with E-state index in [0.29, 0.717) is 11.8 Å².